The van der Waals surface area contributed by atoms with E-state index in [1.54, 1.807) is 7.05 Å². The molecule has 1 unspecified atom stereocenters. The molecule has 104 valence electrons. The van der Waals surface area contributed by atoms with Gasteiger partial charge >= 0.3 is 0 Å². The molecule has 1 N–H and O–H groups in total. The summed E-state index contributed by atoms with van der Waals surface area (Å²) in [6.45, 7) is 2.15. The first-order valence-corrected chi connectivity index (χ1v) is 7.53. The Morgan fingerprint density at radius 3 is 2.37 bits per heavy atom. The van der Waals surface area contributed by atoms with Gasteiger partial charge in [0.25, 0.3) is 0 Å². The van der Waals surface area contributed by atoms with E-state index < -0.39 is 0 Å². The van der Waals surface area contributed by atoms with Gasteiger partial charge in [-0.1, -0.05) is 56.5 Å². The Kier molecular flexibility index (Phi) is 4.62. The topological polar surface area (TPSA) is 29.1 Å². The zero-order valence-corrected chi connectivity index (χ0v) is 12.1. The number of benzene rings is 1. The van der Waals surface area contributed by atoms with E-state index in [4.69, 9.17) is 0 Å². The van der Waals surface area contributed by atoms with Crippen LogP contribution in [0.3, 0.4) is 0 Å². The van der Waals surface area contributed by atoms with Crippen LogP contribution in [0, 0.1) is 5.92 Å². The lowest BCUT2D eigenvalue weighted by atomic mass is 9.63. The van der Waals surface area contributed by atoms with Crippen LogP contribution in [0.15, 0.2) is 30.3 Å². The smallest absolute Gasteiger partial charge is 0.230 e. The molecule has 0 spiro atoms. The van der Waals surface area contributed by atoms with Crippen LogP contribution in [0.1, 0.15) is 51.0 Å². The number of rotatable bonds is 4. The molecule has 0 aliphatic heterocycles. The lowest BCUT2D eigenvalue weighted by Crippen LogP contribution is -2.48. The third kappa shape index (κ3) is 2.54. The van der Waals surface area contributed by atoms with Crippen molar-refractivity contribution in [3.63, 3.8) is 0 Å². The first-order chi connectivity index (χ1) is 9.25. The second kappa shape index (κ2) is 6.23. The molecule has 1 fully saturated rings. The molecule has 1 atom stereocenters. The summed E-state index contributed by atoms with van der Waals surface area (Å²) in [5.41, 5.74) is 0.847. The molecule has 1 amide bonds. The zero-order valence-electron chi connectivity index (χ0n) is 12.1. The van der Waals surface area contributed by atoms with E-state index in [0.717, 1.165) is 6.42 Å². The van der Waals surface area contributed by atoms with Crippen LogP contribution in [0.5, 0.6) is 0 Å². The highest BCUT2D eigenvalue weighted by Gasteiger charge is 2.45. The van der Waals surface area contributed by atoms with Gasteiger partial charge in [-0.05, 0) is 30.7 Å². The molecule has 0 radical (unpaired) electrons. The molecule has 19 heavy (non-hydrogen) atoms. The third-order valence-electron chi connectivity index (χ3n) is 4.78. The van der Waals surface area contributed by atoms with Crippen molar-refractivity contribution >= 4 is 5.91 Å². The number of hydrogen-bond donors (Lipinski definition) is 1. The Hall–Kier alpha value is -1.31. The molecule has 1 aromatic carbocycles. The van der Waals surface area contributed by atoms with Crippen LogP contribution in [0.2, 0.25) is 0 Å². The molecule has 2 rings (SSSR count). The summed E-state index contributed by atoms with van der Waals surface area (Å²) in [6, 6.07) is 10.4. The second-order valence-electron chi connectivity index (χ2n) is 5.60. The first-order valence-electron chi connectivity index (χ1n) is 7.53. The maximum atomic E-state index is 12.7. The fourth-order valence-electron chi connectivity index (χ4n) is 3.76. The molecule has 2 heteroatoms. The molecule has 0 aromatic heterocycles. The van der Waals surface area contributed by atoms with Gasteiger partial charge in [-0.2, -0.15) is 0 Å². The Morgan fingerprint density at radius 1 is 1.21 bits per heavy atom. The summed E-state index contributed by atoms with van der Waals surface area (Å²) in [4.78, 5) is 12.7. The van der Waals surface area contributed by atoms with Crippen LogP contribution in [-0.2, 0) is 10.2 Å². The second-order valence-corrected chi connectivity index (χ2v) is 5.60. The van der Waals surface area contributed by atoms with Crippen molar-refractivity contribution in [1.82, 2.24) is 5.32 Å². The van der Waals surface area contributed by atoms with Crippen LogP contribution in [0.25, 0.3) is 0 Å². The van der Waals surface area contributed by atoms with Gasteiger partial charge in [0.1, 0.15) is 0 Å². The molecular formula is C17H25NO. The number of carbonyl (C=O) groups excluding carboxylic acids is 1. The Balaban J connectivity index is 2.44. The lowest BCUT2D eigenvalue weighted by Gasteiger charge is -2.41. The van der Waals surface area contributed by atoms with E-state index in [-0.39, 0.29) is 11.3 Å². The van der Waals surface area contributed by atoms with E-state index in [1.165, 1.54) is 37.7 Å². The van der Waals surface area contributed by atoms with Crippen molar-refractivity contribution in [2.45, 2.75) is 50.9 Å². The van der Waals surface area contributed by atoms with Crippen LogP contribution in [-0.4, -0.2) is 13.0 Å². The predicted molar refractivity (Wildman–Crippen MR) is 79.1 cm³/mol. The highest BCUT2D eigenvalue weighted by atomic mass is 16.2. The fourth-order valence-corrected chi connectivity index (χ4v) is 3.76. The quantitative estimate of drug-likeness (QED) is 0.878. The molecule has 1 aliphatic rings. The maximum Gasteiger partial charge on any atom is 0.230 e. The standard InChI is InChI=1S/C17H25NO/c1-3-17(16(19)18-2,14-10-6-4-7-11-14)15-12-8-5-9-13-15/h4,6-7,10-11,15H,3,5,8-9,12-13H2,1-2H3,(H,18,19). The average molecular weight is 259 g/mol. The largest absolute Gasteiger partial charge is 0.358 e. The first kappa shape index (κ1) is 14.1. The van der Waals surface area contributed by atoms with Gasteiger partial charge in [0.05, 0.1) is 5.41 Å². The molecule has 0 heterocycles. The summed E-state index contributed by atoms with van der Waals surface area (Å²) in [5.74, 6) is 0.668. The number of amides is 1. The summed E-state index contributed by atoms with van der Waals surface area (Å²) in [6.07, 6.45) is 7.07. The third-order valence-corrected chi connectivity index (χ3v) is 4.78. The van der Waals surface area contributed by atoms with E-state index in [9.17, 15) is 4.79 Å². The van der Waals surface area contributed by atoms with E-state index in [1.807, 2.05) is 18.2 Å². The van der Waals surface area contributed by atoms with E-state index in [0.29, 0.717) is 5.92 Å². The number of carbonyl (C=O) groups is 1. The molecule has 1 aromatic rings. The lowest BCUT2D eigenvalue weighted by molar-refractivity contribution is -0.129. The summed E-state index contributed by atoms with van der Waals surface area (Å²) in [5, 5.41) is 2.91. The van der Waals surface area contributed by atoms with Crippen molar-refractivity contribution in [1.29, 1.82) is 0 Å². The van der Waals surface area contributed by atoms with Crippen LogP contribution >= 0.6 is 0 Å². The SMILES string of the molecule is CCC(C(=O)NC)(c1ccccc1)C1CCCCC1. The van der Waals surface area contributed by atoms with Crippen molar-refractivity contribution in [2.75, 3.05) is 7.05 Å². The summed E-state index contributed by atoms with van der Waals surface area (Å²) >= 11 is 0. The summed E-state index contributed by atoms with van der Waals surface area (Å²) < 4.78 is 0. The molecule has 2 nitrogen and oxygen atoms in total. The normalized spacial score (nSPS) is 19.7. The monoisotopic (exact) mass is 259 g/mol. The predicted octanol–water partition coefficient (Wildman–Crippen LogP) is 3.66. The molecule has 1 aliphatic carbocycles. The van der Waals surface area contributed by atoms with E-state index >= 15 is 0 Å². The highest BCUT2D eigenvalue weighted by Crippen LogP contribution is 2.43. The van der Waals surface area contributed by atoms with Gasteiger partial charge in [-0.15, -0.1) is 0 Å². The molecular weight excluding hydrogens is 234 g/mol. The number of hydrogen-bond acceptors (Lipinski definition) is 1. The molecule has 1 saturated carbocycles. The van der Waals surface area contributed by atoms with E-state index in [2.05, 4.69) is 24.4 Å². The van der Waals surface area contributed by atoms with Crippen molar-refractivity contribution in [3.8, 4) is 0 Å². The average Bonchev–Trinajstić information content (AvgIpc) is 2.50. The Labute approximate surface area is 116 Å². The van der Waals surface area contributed by atoms with Gasteiger partial charge in [0, 0.05) is 7.05 Å². The van der Waals surface area contributed by atoms with Crippen molar-refractivity contribution in [2.24, 2.45) is 5.92 Å². The minimum Gasteiger partial charge on any atom is -0.358 e. The Bertz CT molecular complexity index is 409. The highest BCUT2D eigenvalue weighted by molar-refractivity contribution is 5.88. The van der Waals surface area contributed by atoms with Gasteiger partial charge in [0.15, 0.2) is 0 Å². The molecule has 0 bridgehead atoms. The van der Waals surface area contributed by atoms with Crippen molar-refractivity contribution in [3.05, 3.63) is 35.9 Å². The zero-order chi connectivity index (χ0) is 13.7. The van der Waals surface area contributed by atoms with Gasteiger partial charge in [0.2, 0.25) is 5.91 Å². The van der Waals surface area contributed by atoms with Crippen molar-refractivity contribution < 1.29 is 4.79 Å². The van der Waals surface area contributed by atoms with Crippen LogP contribution < -0.4 is 5.32 Å². The van der Waals surface area contributed by atoms with Gasteiger partial charge in [-0.25, -0.2) is 0 Å². The number of likely N-dealkylation sites (N-methyl/N-ethyl adjacent to an activating group) is 1. The van der Waals surface area contributed by atoms with Gasteiger partial charge in [-0.3, -0.25) is 4.79 Å². The number of nitrogens with one attached hydrogen (secondary N) is 1. The van der Waals surface area contributed by atoms with Crippen LogP contribution in [0.4, 0.5) is 0 Å². The minimum atomic E-state index is -0.337. The summed E-state index contributed by atoms with van der Waals surface area (Å²) in [7, 11) is 1.76. The Morgan fingerprint density at radius 2 is 1.84 bits per heavy atom. The fraction of sp³-hybridized carbons (Fsp3) is 0.588. The maximum absolute atomic E-state index is 12.7. The van der Waals surface area contributed by atoms with Gasteiger partial charge < -0.3 is 5.32 Å². The molecule has 0 saturated heterocycles. The minimum absolute atomic E-state index is 0.188.